The predicted octanol–water partition coefficient (Wildman–Crippen LogP) is 4.71. The van der Waals surface area contributed by atoms with Crippen LogP contribution in [0.5, 0.6) is 0 Å². The number of aryl methyl sites for hydroxylation is 1. The van der Waals surface area contributed by atoms with Crippen molar-refractivity contribution in [1.29, 1.82) is 10.5 Å². The Bertz CT molecular complexity index is 1150. The minimum Gasteiger partial charge on any atom is -0.272 e. The molecule has 33 heavy (non-hydrogen) atoms. The second kappa shape index (κ2) is 8.48. The van der Waals surface area contributed by atoms with Gasteiger partial charge >= 0.3 is 0 Å². The summed E-state index contributed by atoms with van der Waals surface area (Å²) in [5.41, 5.74) is 2.39. The van der Waals surface area contributed by atoms with Crippen LogP contribution in [-0.2, 0) is 11.3 Å². The van der Waals surface area contributed by atoms with E-state index in [1.165, 1.54) is 19.3 Å². The molecule has 0 N–H and O–H groups in total. The number of amides is 1. The van der Waals surface area contributed by atoms with Crippen molar-refractivity contribution in [1.82, 2.24) is 14.8 Å². The lowest BCUT2D eigenvalue weighted by Gasteiger charge is -2.70. The van der Waals surface area contributed by atoms with Crippen LogP contribution in [-0.4, -0.2) is 26.9 Å². The van der Waals surface area contributed by atoms with Gasteiger partial charge in [-0.2, -0.15) is 20.7 Å². The van der Waals surface area contributed by atoms with E-state index in [1.54, 1.807) is 23.5 Å². The van der Waals surface area contributed by atoms with Gasteiger partial charge in [0.15, 0.2) is 0 Å². The Balaban J connectivity index is 1.06. The fourth-order valence-electron chi connectivity index (χ4n) is 6.11. The number of carbonyl (C=O) groups excluding carboxylic acids is 1. The molecule has 4 aliphatic rings. The molecule has 3 aliphatic carbocycles. The molecule has 3 saturated carbocycles. The molecule has 2 heterocycles. The highest BCUT2D eigenvalue weighted by Crippen LogP contribution is 2.76. The van der Waals surface area contributed by atoms with Crippen LogP contribution >= 0.6 is 0 Å². The fourth-order valence-corrected chi connectivity index (χ4v) is 6.11. The van der Waals surface area contributed by atoms with Gasteiger partial charge in [-0.3, -0.25) is 9.48 Å². The number of unbranched alkanes of at least 4 members (excludes halogenated alkanes) is 3. The van der Waals surface area contributed by atoms with E-state index in [0.29, 0.717) is 23.0 Å². The summed E-state index contributed by atoms with van der Waals surface area (Å²) in [5, 5.41) is 28.4. The van der Waals surface area contributed by atoms with Crippen molar-refractivity contribution < 1.29 is 4.79 Å². The first kappa shape index (κ1) is 21.4. The van der Waals surface area contributed by atoms with Crippen LogP contribution in [0.3, 0.4) is 0 Å². The van der Waals surface area contributed by atoms with Crippen LogP contribution in [0, 0.1) is 33.5 Å². The van der Waals surface area contributed by atoms with Gasteiger partial charge < -0.3 is 0 Å². The first-order chi connectivity index (χ1) is 16.1. The molecular formula is C26H28N6O. The number of hydrazone groups is 1. The molecule has 2 bridgehead atoms. The van der Waals surface area contributed by atoms with Gasteiger partial charge in [0.25, 0.3) is 0 Å². The minimum absolute atomic E-state index is 0.0881. The maximum atomic E-state index is 13.4. The number of aromatic nitrogens is 2. The Morgan fingerprint density at radius 1 is 1.09 bits per heavy atom. The van der Waals surface area contributed by atoms with Crippen LogP contribution in [0.15, 0.2) is 41.8 Å². The lowest BCUT2D eigenvalue weighted by atomic mass is 9.33. The van der Waals surface area contributed by atoms with Crippen molar-refractivity contribution in [3.8, 4) is 12.1 Å². The summed E-state index contributed by atoms with van der Waals surface area (Å²) < 4.78 is 1.85. The Morgan fingerprint density at radius 3 is 2.64 bits per heavy atom. The second-order valence-corrected chi connectivity index (χ2v) is 10.0. The van der Waals surface area contributed by atoms with Crippen molar-refractivity contribution in [2.45, 2.75) is 70.4 Å². The number of hydrogen-bond acceptors (Lipinski definition) is 5. The van der Waals surface area contributed by atoms with E-state index < -0.39 is 0 Å². The van der Waals surface area contributed by atoms with Crippen molar-refractivity contribution in [3.63, 3.8) is 0 Å². The molecule has 7 nitrogen and oxygen atoms in total. The summed E-state index contributed by atoms with van der Waals surface area (Å²) in [7, 11) is 0. The molecule has 1 aromatic carbocycles. The average molecular weight is 441 g/mol. The lowest BCUT2D eigenvalue weighted by Crippen LogP contribution is -2.67. The van der Waals surface area contributed by atoms with Gasteiger partial charge in [-0.05, 0) is 55.2 Å². The van der Waals surface area contributed by atoms with E-state index in [4.69, 9.17) is 5.26 Å². The minimum atomic E-state index is -0.203. The van der Waals surface area contributed by atoms with E-state index in [0.717, 1.165) is 44.2 Å². The van der Waals surface area contributed by atoms with E-state index >= 15 is 0 Å². The molecule has 1 aliphatic heterocycles. The standard InChI is InChI=1S/C26H28N6O/c27-13-20-6-5-7-22(12-20)23-8-10-29-32(23)24(33)26-17-25(18-26,19-26)9-3-1-2-4-11-31-16-21(14-28)15-30-31/h5-7,10,12,15-16,23H,1-4,8-9,11,17-19H2. The van der Waals surface area contributed by atoms with Crippen LogP contribution in [0.4, 0.5) is 0 Å². The number of carbonyl (C=O) groups is 1. The summed E-state index contributed by atoms with van der Waals surface area (Å²) >= 11 is 0. The van der Waals surface area contributed by atoms with Crippen molar-refractivity contribution in [3.05, 3.63) is 53.3 Å². The Morgan fingerprint density at radius 2 is 1.88 bits per heavy atom. The van der Waals surface area contributed by atoms with Gasteiger partial charge in [-0.1, -0.05) is 31.4 Å². The molecule has 6 rings (SSSR count). The molecule has 0 radical (unpaired) electrons. The highest BCUT2D eigenvalue weighted by atomic mass is 16.2. The number of benzene rings is 1. The smallest absolute Gasteiger partial charge is 0.249 e. The zero-order valence-electron chi connectivity index (χ0n) is 18.8. The third-order valence-electron chi connectivity index (χ3n) is 7.64. The highest BCUT2D eigenvalue weighted by molar-refractivity contribution is 5.88. The first-order valence-corrected chi connectivity index (χ1v) is 11.9. The zero-order chi connectivity index (χ0) is 22.9. The predicted molar refractivity (Wildman–Crippen MR) is 123 cm³/mol. The summed E-state index contributed by atoms with van der Waals surface area (Å²) in [6.45, 7) is 0.860. The van der Waals surface area contributed by atoms with E-state index in [-0.39, 0.29) is 17.4 Å². The van der Waals surface area contributed by atoms with Gasteiger partial charge in [0.1, 0.15) is 6.07 Å². The van der Waals surface area contributed by atoms with Crippen LogP contribution in [0.1, 0.15) is 80.5 Å². The highest BCUT2D eigenvalue weighted by Gasteiger charge is 2.71. The second-order valence-electron chi connectivity index (χ2n) is 10.0. The summed E-state index contributed by atoms with van der Waals surface area (Å²) in [4.78, 5) is 13.4. The van der Waals surface area contributed by atoms with E-state index in [9.17, 15) is 10.1 Å². The van der Waals surface area contributed by atoms with E-state index in [1.807, 2.05) is 29.1 Å². The molecule has 3 fully saturated rings. The van der Waals surface area contributed by atoms with Gasteiger partial charge in [0, 0.05) is 25.4 Å². The molecule has 7 heteroatoms. The summed E-state index contributed by atoms with van der Waals surface area (Å²) in [5.74, 6) is 0.168. The molecule has 1 unspecified atom stereocenters. The molecule has 0 spiro atoms. The molecule has 1 aromatic heterocycles. The molecule has 2 aromatic rings. The normalized spacial score (nSPS) is 26.8. The zero-order valence-corrected chi connectivity index (χ0v) is 18.8. The van der Waals surface area contributed by atoms with Crippen molar-refractivity contribution in [2.24, 2.45) is 15.9 Å². The summed E-state index contributed by atoms with van der Waals surface area (Å²) in [6.07, 6.45) is 14.8. The fraction of sp³-hybridized carbons (Fsp3) is 0.500. The summed E-state index contributed by atoms with van der Waals surface area (Å²) in [6, 6.07) is 11.7. The average Bonchev–Trinajstić information content (AvgIpc) is 3.45. The number of nitrogens with zero attached hydrogens (tertiary/aromatic N) is 6. The topological polar surface area (TPSA) is 98.1 Å². The van der Waals surface area contributed by atoms with Crippen LogP contribution in [0.25, 0.3) is 0 Å². The van der Waals surface area contributed by atoms with Gasteiger partial charge in [-0.15, -0.1) is 0 Å². The molecule has 0 saturated heterocycles. The van der Waals surface area contributed by atoms with Crippen LogP contribution in [0.2, 0.25) is 0 Å². The van der Waals surface area contributed by atoms with Gasteiger partial charge in [-0.25, -0.2) is 5.01 Å². The van der Waals surface area contributed by atoms with Crippen LogP contribution < -0.4 is 0 Å². The molecule has 1 amide bonds. The maximum Gasteiger partial charge on any atom is 0.249 e. The Labute approximate surface area is 194 Å². The van der Waals surface area contributed by atoms with E-state index in [2.05, 4.69) is 22.3 Å². The molecule has 1 atom stereocenters. The maximum absolute atomic E-state index is 13.4. The first-order valence-electron chi connectivity index (χ1n) is 11.9. The SMILES string of the molecule is N#Cc1cccc(C2CC=NN2C(=O)C23CC(CCCCCCn4cc(C#N)cn4)(C2)C3)c1. The molecule has 168 valence electrons. The van der Waals surface area contributed by atoms with Gasteiger partial charge in [0.05, 0.1) is 34.8 Å². The number of hydrogen-bond donors (Lipinski definition) is 0. The van der Waals surface area contributed by atoms with Crippen molar-refractivity contribution in [2.75, 3.05) is 0 Å². The Hall–Kier alpha value is -3.45. The monoisotopic (exact) mass is 440 g/mol. The third kappa shape index (κ3) is 3.93. The van der Waals surface area contributed by atoms with Crippen molar-refractivity contribution >= 4 is 12.1 Å². The van der Waals surface area contributed by atoms with Gasteiger partial charge in [0.2, 0.25) is 5.91 Å². The largest absolute Gasteiger partial charge is 0.272 e. The molecular weight excluding hydrogens is 412 g/mol. The number of nitriles is 2. The quantitative estimate of drug-likeness (QED) is 0.527. The Kier molecular flexibility index (Phi) is 5.50. The lowest BCUT2D eigenvalue weighted by molar-refractivity contribution is -0.220. The number of rotatable bonds is 9. The third-order valence-corrected chi connectivity index (χ3v) is 7.64.